The third kappa shape index (κ3) is 8.08. The highest BCUT2D eigenvalue weighted by Gasteiger charge is 2.17. The molecule has 4 N–H and O–H groups in total. The number of nitrogens with zero attached hydrogens (tertiary/aromatic N) is 3. The number of likely N-dealkylation sites (tertiary alicyclic amines) is 1. The molecule has 1 fully saturated rings. The van der Waals surface area contributed by atoms with Gasteiger partial charge in [-0.15, -0.1) is 0 Å². The molecule has 0 amide bonds. The third-order valence-electron chi connectivity index (χ3n) is 4.33. The number of hydrogen-bond acceptors (Lipinski definition) is 6. The summed E-state index contributed by atoms with van der Waals surface area (Å²) in [4.78, 5) is 2.42. The van der Waals surface area contributed by atoms with E-state index in [2.05, 4.69) is 36.6 Å². The molecule has 10 heteroatoms. The SMILES string of the molecule is CCNC(=S)N/N=C(C)/C(=N\NC(=S)NCC)c1ccc(CN2CCCCC2)o1. The monoisotopic (exact) mass is 437 g/mol. The molecule has 0 atom stereocenters. The molecule has 29 heavy (non-hydrogen) atoms. The van der Waals surface area contributed by atoms with Crippen molar-refractivity contribution in [2.75, 3.05) is 26.2 Å². The zero-order chi connectivity index (χ0) is 21.1. The first-order valence-corrected chi connectivity index (χ1v) is 10.9. The molecule has 0 aliphatic carbocycles. The highest BCUT2D eigenvalue weighted by atomic mass is 32.1. The minimum absolute atomic E-state index is 0.439. The van der Waals surface area contributed by atoms with Crippen molar-refractivity contribution in [2.45, 2.75) is 46.6 Å². The Labute approximate surface area is 183 Å². The average molecular weight is 438 g/mol. The van der Waals surface area contributed by atoms with E-state index < -0.39 is 0 Å². The van der Waals surface area contributed by atoms with Gasteiger partial charge in [-0.1, -0.05) is 6.42 Å². The summed E-state index contributed by atoms with van der Waals surface area (Å²) in [5, 5.41) is 15.6. The van der Waals surface area contributed by atoms with Crippen LogP contribution in [0.5, 0.6) is 0 Å². The van der Waals surface area contributed by atoms with E-state index in [0.717, 1.165) is 31.9 Å². The van der Waals surface area contributed by atoms with Crippen LogP contribution in [-0.4, -0.2) is 52.7 Å². The minimum atomic E-state index is 0.439. The van der Waals surface area contributed by atoms with Gasteiger partial charge in [0.2, 0.25) is 0 Å². The third-order valence-corrected chi connectivity index (χ3v) is 4.81. The molecule has 1 aliphatic rings. The largest absolute Gasteiger partial charge is 0.458 e. The van der Waals surface area contributed by atoms with E-state index in [4.69, 9.17) is 28.9 Å². The van der Waals surface area contributed by atoms with Gasteiger partial charge in [0.1, 0.15) is 11.5 Å². The first-order chi connectivity index (χ1) is 14.0. The van der Waals surface area contributed by atoms with E-state index >= 15 is 0 Å². The predicted molar refractivity (Wildman–Crippen MR) is 126 cm³/mol. The van der Waals surface area contributed by atoms with E-state index in [9.17, 15) is 0 Å². The van der Waals surface area contributed by atoms with Gasteiger partial charge in [-0.25, -0.2) is 0 Å². The molecule has 0 unspecified atom stereocenters. The maximum Gasteiger partial charge on any atom is 0.186 e. The Morgan fingerprint density at radius 2 is 1.62 bits per heavy atom. The fraction of sp³-hybridized carbons (Fsp3) is 0.579. The predicted octanol–water partition coefficient (Wildman–Crippen LogP) is 2.31. The van der Waals surface area contributed by atoms with Crippen molar-refractivity contribution in [3.05, 3.63) is 23.7 Å². The molecule has 1 aromatic heterocycles. The molecule has 0 bridgehead atoms. The Balaban J connectivity index is 2.15. The van der Waals surface area contributed by atoms with Crippen LogP contribution in [0, 0.1) is 0 Å². The summed E-state index contributed by atoms with van der Waals surface area (Å²) in [6.07, 6.45) is 3.80. The van der Waals surface area contributed by atoms with E-state index in [-0.39, 0.29) is 0 Å². The molecule has 0 saturated carbocycles. The summed E-state index contributed by atoms with van der Waals surface area (Å²) < 4.78 is 6.08. The van der Waals surface area contributed by atoms with Gasteiger partial charge in [0.05, 0.1) is 12.3 Å². The van der Waals surface area contributed by atoms with Gasteiger partial charge >= 0.3 is 0 Å². The summed E-state index contributed by atoms with van der Waals surface area (Å²) in [5.74, 6) is 1.54. The standard InChI is InChI=1S/C19H31N7OS2/c1-4-20-18(28)24-22-14(3)17(23-25-19(29)21-5-2)16-10-9-15(27-16)13-26-11-7-6-8-12-26/h9-10H,4-8,11-13H2,1-3H3,(H2,20,24,28)(H2,21,25,29)/b22-14+,23-17+. The molecule has 160 valence electrons. The lowest BCUT2D eigenvalue weighted by atomic mass is 10.1. The Morgan fingerprint density at radius 1 is 1.00 bits per heavy atom. The second-order valence-electron chi connectivity index (χ2n) is 6.70. The van der Waals surface area contributed by atoms with Crippen LogP contribution < -0.4 is 21.5 Å². The van der Waals surface area contributed by atoms with Crippen molar-refractivity contribution in [1.29, 1.82) is 0 Å². The van der Waals surface area contributed by atoms with Gasteiger partial charge < -0.3 is 15.1 Å². The van der Waals surface area contributed by atoms with Crippen molar-refractivity contribution in [3.8, 4) is 0 Å². The Kier molecular flexibility index (Phi) is 10.0. The van der Waals surface area contributed by atoms with Gasteiger partial charge in [0.15, 0.2) is 16.0 Å². The van der Waals surface area contributed by atoms with E-state index in [0.29, 0.717) is 34.0 Å². The zero-order valence-electron chi connectivity index (χ0n) is 17.4. The second-order valence-corrected chi connectivity index (χ2v) is 7.52. The maximum atomic E-state index is 6.08. The molecule has 0 radical (unpaired) electrons. The highest BCUT2D eigenvalue weighted by Crippen LogP contribution is 2.16. The number of rotatable bonds is 8. The molecular formula is C19H31N7OS2. The normalized spacial score (nSPS) is 15.7. The number of nitrogens with one attached hydrogen (secondary N) is 4. The highest BCUT2D eigenvalue weighted by molar-refractivity contribution is 7.80. The molecule has 1 aliphatic heterocycles. The molecule has 0 aromatic carbocycles. The topological polar surface area (TPSA) is 89.2 Å². The summed E-state index contributed by atoms with van der Waals surface area (Å²) in [6, 6.07) is 3.91. The number of hydrogen-bond donors (Lipinski definition) is 4. The fourth-order valence-electron chi connectivity index (χ4n) is 2.94. The first kappa shape index (κ1) is 23.2. The summed E-state index contributed by atoms with van der Waals surface area (Å²) in [7, 11) is 0. The van der Waals surface area contributed by atoms with Crippen molar-refractivity contribution in [3.63, 3.8) is 0 Å². The fourth-order valence-corrected chi connectivity index (χ4v) is 3.32. The van der Waals surface area contributed by atoms with E-state index in [1.54, 1.807) is 0 Å². The summed E-state index contributed by atoms with van der Waals surface area (Å²) >= 11 is 10.4. The average Bonchev–Trinajstić information content (AvgIpc) is 3.16. The van der Waals surface area contributed by atoms with Crippen LogP contribution in [-0.2, 0) is 6.54 Å². The van der Waals surface area contributed by atoms with Crippen LogP contribution in [0.3, 0.4) is 0 Å². The van der Waals surface area contributed by atoms with Gasteiger partial charge in [-0.3, -0.25) is 15.8 Å². The van der Waals surface area contributed by atoms with Gasteiger partial charge in [-0.2, -0.15) is 10.2 Å². The molecule has 0 spiro atoms. The molecule has 1 aromatic rings. The van der Waals surface area contributed by atoms with Gasteiger partial charge in [0.25, 0.3) is 0 Å². The molecule has 2 rings (SSSR count). The summed E-state index contributed by atoms with van der Waals surface area (Å²) in [5.41, 5.74) is 6.85. The van der Waals surface area contributed by atoms with Crippen molar-refractivity contribution < 1.29 is 4.42 Å². The lowest BCUT2D eigenvalue weighted by molar-refractivity contribution is 0.205. The van der Waals surface area contributed by atoms with Crippen molar-refractivity contribution >= 4 is 46.1 Å². The maximum absolute atomic E-state index is 6.08. The second kappa shape index (κ2) is 12.5. The van der Waals surface area contributed by atoms with Crippen LogP contribution in [0.15, 0.2) is 26.8 Å². The molecular weight excluding hydrogens is 406 g/mol. The number of furan rings is 1. The quantitative estimate of drug-likeness (QED) is 0.280. The lowest BCUT2D eigenvalue weighted by Gasteiger charge is -2.25. The van der Waals surface area contributed by atoms with Crippen LogP contribution in [0.25, 0.3) is 0 Å². The number of hydrazone groups is 2. The smallest absolute Gasteiger partial charge is 0.186 e. The number of piperidine rings is 1. The van der Waals surface area contributed by atoms with Crippen molar-refractivity contribution in [1.82, 2.24) is 26.4 Å². The van der Waals surface area contributed by atoms with Crippen LogP contribution in [0.2, 0.25) is 0 Å². The minimum Gasteiger partial charge on any atom is -0.458 e. The summed E-state index contributed by atoms with van der Waals surface area (Å²) in [6.45, 7) is 10.2. The van der Waals surface area contributed by atoms with Crippen LogP contribution in [0.4, 0.5) is 0 Å². The van der Waals surface area contributed by atoms with Crippen LogP contribution in [0.1, 0.15) is 51.6 Å². The molecule has 1 saturated heterocycles. The molecule has 2 heterocycles. The molecule has 8 nitrogen and oxygen atoms in total. The lowest BCUT2D eigenvalue weighted by Crippen LogP contribution is -2.34. The van der Waals surface area contributed by atoms with Crippen LogP contribution >= 0.6 is 24.4 Å². The Hall–Kier alpha value is -2.04. The Morgan fingerprint density at radius 3 is 2.24 bits per heavy atom. The van der Waals surface area contributed by atoms with Gasteiger partial charge in [-0.05, 0) is 83.3 Å². The first-order valence-electron chi connectivity index (χ1n) is 10.0. The van der Waals surface area contributed by atoms with Gasteiger partial charge in [0, 0.05) is 13.1 Å². The Bertz CT molecular complexity index is 739. The van der Waals surface area contributed by atoms with Crippen molar-refractivity contribution in [2.24, 2.45) is 10.2 Å². The zero-order valence-corrected chi connectivity index (χ0v) is 19.0. The number of thiocarbonyl (C=S) groups is 2. The van der Waals surface area contributed by atoms with E-state index in [1.165, 1.54) is 19.3 Å². The van der Waals surface area contributed by atoms with E-state index in [1.807, 2.05) is 32.9 Å².